The van der Waals surface area contributed by atoms with Crippen molar-refractivity contribution in [3.8, 4) is 0 Å². The van der Waals surface area contributed by atoms with Gasteiger partial charge in [-0.25, -0.2) is 9.18 Å². The topological polar surface area (TPSA) is 84.5 Å². The van der Waals surface area contributed by atoms with Gasteiger partial charge in [-0.3, -0.25) is 9.59 Å². The third kappa shape index (κ3) is 4.97. The summed E-state index contributed by atoms with van der Waals surface area (Å²) in [6.45, 7) is 5.31. The second-order valence-electron chi connectivity index (χ2n) is 6.71. The minimum absolute atomic E-state index is 0.122. The number of ether oxygens (including phenoxy) is 1. The molecular weight excluding hydrogens is 419 g/mol. The summed E-state index contributed by atoms with van der Waals surface area (Å²) in [6.07, 6.45) is 0. The molecule has 3 rings (SSSR count). The van der Waals surface area contributed by atoms with Crippen LogP contribution in [0.25, 0.3) is 0 Å². The van der Waals surface area contributed by atoms with E-state index in [1.165, 1.54) is 24.3 Å². The Morgan fingerprint density at radius 3 is 2.29 bits per heavy atom. The number of benzene rings is 2. The van der Waals surface area contributed by atoms with Gasteiger partial charge < -0.3 is 15.4 Å². The highest BCUT2D eigenvalue weighted by Gasteiger charge is 2.27. The molecule has 2 N–H and O–H groups in total. The fourth-order valence-corrected chi connectivity index (χ4v) is 4.02. The predicted molar refractivity (Wildman–Crippen MR) is 118 cm³/mol. The van der Waals surface area contributed by atoms with Gasteiger partial charge in [0.15, 0.2) is 0 Å². The number of carbonyl (C=O) groups excluding carboxylic acids is 3. The van der Waals surface area contributed by atoms with E-state index in [-0.39, 0.29) is 27.6 Å². The van der Waals surface area contributed by atoms with E-state index >= 15 is 0 Å². The number of para-hydroxylation sites is 1. The summed E-state index contributed by atoms with van der Waals surface area (Å²) < 4.78 is 18.3. The lowest BCUT2D eigenvalue weighted by molar-refractivity contribution is 0.0527. The standard InChI is InChI=1S/C23H21FN2O4S/c1-4-30-23(29)18-14(3)19(21(28)25-17-8-6-5-7-13(17)2)31-22(18)26-20(27)15-9-11-16(24)12-10-15/h5-12H,4H2,1-3H3,(H,25,28)(H,26,27). The molecule has 2 aromatic carbocycles. The molecule has 6 nitrogen and oxygen atoms in total. The van der Waals surface area contributed by atoms with Crippen LogP contribution in [-0.2, 0) is 4.74 Å². The van der Waals surface area contributed by atoms with E-state index in [0.29, 0.717) is 11.3 Å². The molecule has 2 amide bonds. The minimum Gasteiger partial charge on any atom is -0.462 e. The Hall–Kier alpha value is -3.52. The number of anilines is 2. The van der Waals surface area contributed by atoms with Crippen LogP contribution in [0.1, 0.15) is 48.4 Å². The van der Waals surface area contributed by atoms with Gasteiger partial charge in [0.1, 0.15) is 10.8 Å². The molecule has 0 radical (unpaired) electrons. The maximum Gasteiger partial charge on any atom is 0.341 e. The molecule has 0 aliphatic carbocycles. The van der Waals surface area contributed by atoms with E-state index in [0.717, 1.165) is 16.9 Å². The first kappa shape index (κ1) is 22.2. The molecule has 0 unspecified atom stereocenters. The molecule has 1 heterocycles. The number of carbonyl (C=O) groups is 3. The Bertz CT molecular complexity index is 1140. The van der Waals surface area contributed by atoms with Gasteiger partial charge in [-0.1, -0.05) is 18.2 Å². The van der Waals surface area contributed by atoms with Gasteiger partial charge in [-0.05, 0) is 62.2 Å². The molecule has 160 valence electrons. The molecule has 31 heavy (non-hydrogen) atoms. The lowest BCUT2D eigenvalue weighted by atomic mass is 10.1. The van der Waals surface area contributed by atoms with Crippen LogP contribution in [0.3, 0.4) is 0 Å². The molecule has 0 atom stereocenters. The van der Waals surface area contributed by atoms with Crippen molar-refractivity contribution in [3.63, 3.8) is 0 Å². The predicted octanol–water partition coefficient (Wildman–Crippen LogP) is 5.19. The molecule has 0 fully saturated rings. The van der Waals surface area contributed by atoms with Gasteiger partial charge in [-0.15, -0.1) is 11.3 Å². The van der Waals surface area contributed by atoms with E-state index in [2.05, 4.69) is 10.6 Å². The van der Waals surface area contributed by atoms with Crippen LogP contribution in [0.2, 0.25) is 0 Å². The summed E-state index contributed by atoms with van der Waals surface area (Å²) in [5.41, 5.74) is 2.28. The first-order chi connectivity index (χ1) is 14.8. The van der Waals surface area contributed by atoms with Crippen molar-refractivity contribution in [2.75, 3.05) is 17.2 Å². The quantitative estimate of drug-likeness (QED) is 0.517. The third-order valence-corrected chi connectivity index (χ3v) is 5.77. The number of aryl methyl sites for hydroxylation is 1. The van der Waals surface area contributed by atoms with Gasteiger partial charge in [0.2, 0.25) is 0 Å². The SMILES string of the molecule is CCOC(=O)c1c(NC(=O)c2ccc(F)cc2)sc(C(=O)Nc2ccccc2C)c1C. The average Bonchev–Trinajstić information content (AvgIpc) is 3.06. The van der Waals surface area contributed by atoms with Crippen LogP contribution in [0.4, 0.5) is 15.1 Å². The van der Waals surface area contributed by atoms with Crippen LogP contribution in [0.5, 0.6) is 0 Å². The lowest BCUT2D eigenvalue weighted by Crippen LogP contribution is -2.15. The number of thiophene rings is 1. The largest absolute Gasteiger partial charge is 0.462 e. The zero-order chi connectivity index (χ0) is 22.5. The van der Waals surface area contributed by atoms with E-state index in [4.69, 9.17) is 4.74 Å². The highest BCUT2D eigenvalue weighted by atomic mass is 32.1. The van der Waals surface area contributed by atoms with Crippen molar-refractivity contribution >= 4 is 39.8 Å². The number of halogens is 1. The molecule has 0 bridgehead atoms. The zero-order valence-electron chi connectivity index (χ0n) is 17.2. The smallest absolute Gasteiger partial charge is 0.341 e. The van der Waals surface area contributed by atoms with Gasteiger partial charge in [0, 0.05) is 11.3 Å². The van der Waals surface area contributed by atoms with Crippen molar-refractivity contribution in [1.29, 1.82) is 0 Å². The Morgan fingerprint density at radius 2 is 1.65 bits per heavy atom. The third-order valence-electron chi connectivity index (χ3n) is 4.56. The summed E-state index contributed by atoms with van der Waals surface area (Å²) >= 11 is 0.981. The molecule has 0 saturated carbocycles. The fraction of sp³-hybridized carbons (Fsp3) is 0.174. The molecule has 0 aliphatic rings. The molecule has 1 aromatic heterocycles. The molecule has 0 spiro atoms. The van der Waals surface area contributed by atoms with Crippen LogP contribution < -0.4 is 10.6 Å². The van der Waals surface area contributed by atoms with Gasteiger partial charge in [-0.2, -0.15) is 0 Å². The first-order valence-electron chi connectivity index (χ1n) is 9.56. The second-order valence-corrected chi connectivity index (χ2v) is 7.73. The second kappa shape index (κ2) is 9.53. The van der Waals surface area contributed by atoms with Crippen LogP contribution >= 0.6 is 11.3 Å². The van der Waals surface area contributed by atoms with Crippen molar-refractivity contribution < 1.29 is 23.5 Å². The molecule has 0 saturated heterocycles. The van der Waals surface area contributed by atoms with E-state index in [1.807, 2.05) is 25.1 Å². The monoisotopic (exact) mass is 440 g/mol. The number of hydrogen-bond donors (Lipinski definition) is 2. The maximum atomic E-state index is 13.1. The van der Waals surface area contributed by atoms with Gasteiger partial charge in [0.25, 0.3) is 11.8 Å². The highest BCUT2D eigenvalue weighted by molar-refractivity contribution is 7.19. The van der Waals surface area contributed by atoms with Crippen molar-refractivity contribution in [2.24, 2.45) is 0 Å². The summed E-state index contributed by atoms with van der Waals surface area (Å²) in [5.74, 6) is -2.03. The number of hydrogen-bond acceptors (Lipinski definition) is 5. The van der Waals surface area contributed by atoms with E-state index in [9.17, 15) is 18.8 Å². The Kier molecular flexibility index (Phi) is 6.81. The van der Waals surface area contributed by atoms with Crippen LogP contribution in [-0.4, -0.2) is 24.4 Å². The molecular formula is C23H21FN2O4S. The summed E-state index contributed by atoms with van der Waals surface area (Å²) in [4.78, 5) is 38.4. The number of amides is 2. The first-order valence-corrected chi connectivity index (χ1v) is 10.4. The van der Waals surface area contributed by atoms with Crippen LogP contribution in [0.15, 0.2) is 48.5 Å². The van der Waals surface area contributed by atoms with Crippen molar-refractivity contribution in [2.45, 2.75) is 20.8 Å². The maximum absolute atomic E-state index is 13.1. The van der Waals surface area contributed by atoms with Gasteiger partial charge in [0.05, 0.1) is 17.0 Å². The summed E-state index contributed by atoms with van der Waals surface area (Å²) in [5, 5.41) is 5.68. The Labute approximate surface area is 183 Å². The van der Waals surface area contributed by atoms with Crippen molar-refractivity contribution in [1.82, 2.24) is 0 Å². The summed E-state index contributed by atoms with van der Waals surface area (Å²) in [6, 6.07) is 12.3. The molecule has 8 heteroatoms. The van der Waals surface area contributed by atoms with Gasteiger partial charge >= 0.3 is 5.97 Å². The van der Waals surface area contributed by atoms with E-state index < -0.39 is 23.6 Å². The fourth-order valence-electron chi connectivity index (χ4n) is 2.94. The lowest BCUT2D eigenvalue weighted by Gasteiger charge is -2.08. The Balaban J connectivity index is 1.95. The number of rotatable bonds is 6. The summed E-state index contributed by atoms with van der Waals surface area (Å²) in [7, 11) is 0. The zero-order valence-corrected chi connectivity index (χ0v) is 18.1. The highest BCUT2D eigenvalue weighted by Crippen LogP contribution is 2.35. The number of nitrogens with one attached hydrogen (secondary N) is 2. The number of esters is 1. The van der Waals surface area contributed by atoms with E-state index in [1.54, 1.807) is 19.9 Å². The van der Waals surface area contributed by atoms with Crippen LogP contribution in [0, 0.1) is 19.7 Å². The Morgan fingerprint density at radius 1 is 0.968 bits per heavy atom. The molecule has 0 aliphatic heterocycles. The molecule has 3 aromatic rings. The average molecular weight is 440 g/mol. The normalized spacial score (nSPS) is 10.5. The van der Waals surface area contributed by atoms with Crippen molar-refractivity contribution in [3.05, 3.63) is 81.5 Å². The minimum atomic E-state index is -0.638.